The SMILES string of the molecule is [NH]C1NCc2ccccc21. The summed E-state index contributed by atoms with van der Waals surface area (Å²) in [5.74, 6) is 0. The van der Waals surface area contributed by atoms with E-state index in [1.54, 1.807) is 0 Å². The standard InChI is InChI=1S/C8H9N2/c9-8-7-4-2-1-3-6(7)5-10-8/h1-4,8-10H,5H2. The molecule has 0 aliphatic carbocycles. The van der Waals surface area contributed by atoms with E-state index in [9.17, 15) is 0 Å². The summed E-state index contributed by atoms with van der Waals surface area (Å²) < 4.78 is 0. The molecule has 1 aliphatic heterocycles. The fourth-order valence-corrected chi connectivity index (χ4v) is 1.30. The first-order valence-corrected chi connectivity index (χ1v) is 3.40. The zero-order valence-corrected chi connectivity index (χ0v) is 5.59. The Bertz CT molecular complexity index is 245. The Morgan fingerprint density at radius 2 is 2.20 bits per heavy atom. The van der Waals surface area contributed by atoms with Crippen molar-refractivity contribution in [3.63, 3.8) is 0 Å². The number of benzene rings is 1. The van der Waals surface area contributed by atoms with Crippen molar-refractivity contribution in [1.82, 2.24) is 11.1 Å². The Morgan fingerprint density at radius 3 is 3.00 bits per heavy atom. The maximum atomic E-state index is 7.50. The molecule has 0 spiro atoms. The Balaban J connectivity index is 2.51. The Hall–Kier alpha value is -0.860. The van der Waals surface area contributed by atoms with E-state index in [-0.39, 0.29) is 6.17 Å². The van der Waals surface area contributed by atoms with Gasteiger partial charge in [0.1, 0.15) is 0 Å². The summed E-state index contributed by atoms with van der Waals surface area (Å²) in [5, 5.41) is 3.05. The Labute approximate surface area is 60.0 Å². The predicted molar refractivity (Wildman–Crippen MR) is 39.1 cm³/mol. The summed E-state index contributed by atoms with van der Waals surface area (Å²) in [6, 6.07) is 8.07. The van der Waals surface area contributed by atoms with Crippen molar-refractivity contribution >= 4 is 0 Å². The van der Waals surface area contributed by atoms with Crippen LogP contribution in [0, 0.1) is 0 Å². The zero-order chi connectivity index (χ0) is 6.97. The van der Waals surface area contributed by atoms with E-state index in [0.717, 1.165) is 12.1 Å². The minimum absolute atomic E-state index is 0.198. The van der Waals surface area contributed by atoms with Gasteiger partial charge in [0.15, 0.2) is 0 Å². The van der Waals surface area contributed by atoms with Crippen molar-refractivity contribution in [2.24, 2.45) is 0 Å². The third-order valence-electron chi connectivity index (χ3n) is 1.86. The van der Waals surface area contributed by atoms with Crippen LogP contribution in [0.4, 0.5) is 0 Å². The van der Waals surface area contributed by atoms with E-state index in [1.807, 2.05) is 18.2 Å². The largest absolute Gasteiger partial charge is 0.293 e. The summed E-state index contributed by atoms with van der Waals surface area (Å²) in [7, 11) is 0. The third kappa shape index (κ3) is 0.735. The van der Waals surface area contributed by atoms with Crippen LogP contribution >= 0.6 is 0 Å². The van der Waals surface area contributed by atoms with Crippen molar-refractivity contribution in [2.45, 2.75) is 12.7 Å². The molecular formula is C8H9N2. The van der Waals surface area contributed by atoms with Gasteiger partial charge in [0.2, 0.25) is 0 Å². The number of hydrogen-bond acceptors (Lipinski definition) is 1. The molecule has 10 heavy (non-hydrogen) atoms. The van der Waals surface area contributed by atoms with Crippen molar-refractivity contribution < 1.29 is 0 Å². The molecule has 1 unspecified atom stereocenters. The van der Waals surface area contributed by atoms with Gasteiger partial charge >= 0.3 is 0 Å². The quantitative estimate of drug-likeness (QED) is 0.564. The van der Waals surface area contributed by atoms with E-state index >= 15 is 0 Å². The molecule has 0 amide bonds. The van der Waals surface area contributed by atoms with Crippen LogP contribution in [-0.4, -0.2) is 0 Å². The zero-order valence-electron chi connectivity index (χ0n) is 5.59. The van der Waals surface area contributed by atoms with E-state index < -0.39 is 0 Å². The molecule has 51 valence electrons. The van der Waals surface area contributed by atoms with Gasteiger partial charge in [-0.15, -0.1) is 0 Å². The van der Waals surface area contributed by atoms with Gasteiger partial charge in [-0.05, 0) is 11.1 Å². The molecule has 1 aliphatic rings. The second-order valence-corrected chi connectivity index (χ2v) is 2.51. The molecule has 1 aromatic rings. The number of rotatable bonds is 0. The van der Waals surface area contributed by atoms with Gasteiger partial charge in [-0.3, -0.25) is 5.32 Å². The van der Waals surface area contributed by atoms with Gasteiger partial charge in [-0.2, -0.15) is 0 Å². The van der Waals surface area contributed by atoms with Crippen LogP contribution in [0.3, 0.4) is 0 Å². The first-order valence-electron chi connectivity index (χ1n) is 3.40. The van der Waals surface area contributed by atoms with Gasteiger partial charge < -0.3 is 0 Å². The van der Waals surface area contributed by atoms with E-state index in [2.05, 4.69) is 11.4 Å². The normalized spacial score (nSPS) is 22.7. The Kier molecular flexibility index (Phi) is 1.22. The minimum atomic E-state index is -0.198. The highest BCUT2D eigenvalue weighted by Gasteiger charge is 2.16. The van der Waals surface area contributed by atoms with Crippen LogP contribution in [0.15, 0.2) is 24.3 Å². The Morgan fingerprint density at radius 1 is 1.40 bits per heavy atom. The second-order valence-electron chi connectivity index (χ2n) is 2.51. The van der Waals surface area contributed by atoms with Crippen LogP contribution in [0.25, 0.3) is 0 Å². The smallest absolute Gasteiger partial charge is 0.0969 e. The van der Waals surface area contributed by atoms with Crippen LogP contribution in [0.5, 0.6) is 0 Å². The summed E-state index contributed by atoms with van der Waals surface area (Å²) in [5.41, 5.74) is 9.90. The number of hydrogen-bond donors (Lipinski definition) is 1. The summed E-state index contributed by atoms with van der Waals surface area (Å²) in [4.78, 5) is 0. The van der Waals surface area contributed by atoms with E-state index in [1.165, 1.54) is 5.56 Å². The first kappa shape index (κ1) is 5.89. The van der Waals surface area contributed by atoms with Crippen molar-refractivity contribution in [3.05, 3.63) is 35.4 Å². The monoisotopic (exact) mass is 133 g/mol. The molecule has 1 atom stereocenters. The topological polar surface area (TPSA) is 35.8 Å². The lowest BCUT2D eigenvalue weighted by atomic mass is 10.1. The molecule has 2 heteroatoms. The molecule has 1 radical (unpaired) electrons. The lowest BCUT2D eigenvalue weighted by molar-refractivity contribution is 0.590. The first-order chi connectivity index (χ1) is 4.88. The minimum Gasteiger partial charge on any atom is -0.293 e. The van der Waals surface area contributed by atoms with Gasteiger partial charge in [-0.1, -0.05) is 24.3 Å². The molecule has 0 saturated carbocycles. The average molecular weight is 133 g/mol. The molecule has 2 nitrogen and oxygen atoms in total. The van der Waals surface area contributed by atoms with Crippen LogP contribution in [-0.2, 0) is 6.54 Å². The average Bonchev–Trinajstić information content (AvgIpc) is 2.34. The summed E-state index contributed by atoms with van der Waals surface area (Å²) in [6.07, 6.45) is -0.198. The molecule has 0 saturated heterocycles. The molecule has 1 aromatic carbocycles. The van der Waals surface area contributed by atoms with Gasteiger partial charge in [0.25, 0.3) is 0 Å². The lowest BCUT2D eigenvalue weighted by Gasteiger charge is -2.00. The maximum Gasteiger partial charge on any atom is 0.0969 e. The van der Waals surface area contributed by atoms with Crippen LogP contribution < -0.4 is 11.1 Å². The maximum absolute atomic E-state index is 7.50. The summed E-state index contributed by atoms with van der Waals surface area (Å²) >= 11 is 0. The third-order valence-corrected chi connectivity index (χ3v) is 1.86. The molecule has 2 N–H and O–H groups in total. The van der Waals surface area contributed by atoms with E-state index in [4.69, 9.17) is 5.73 Å². The van der Waals surface area contributed by atoms with Crippen molar-refractivity contribution in [3.8, 4) is 0 Å². The highest BCUT2D eigenvalue weighted by Crippen LogP contribution is 2.21. The lowest BCUT2D eigenvalue weighted by Crippen LogP contribution is -2.11. The van der Waals surface area contributed by atoms with Crippen LogP contribution in [0.2, 0.25) is 0 Å². The molecule has 0 aromatic heterocycles. The predicted octanol–water partition coefficient (Wildman–Crippen LogP) is 1.07. The molecule has 0 bridgehead atoms. The second kappa shape index (κ2) is 2.08. The fourth-order valence-electron chi connectivity index (χ4n) is 1.30. The molecule has 0 fully saturated rings. The number of fused-ring (bicyclic) bond motifs is 1. The number of nitrogens with one attached hydrogen (secondary N) is 2. The summed E-state index contributed by atoms with van der Waals surface area (Å²) in [6.45, 7) is 0.852. The fraction of sp³-hybridized carbons (Fsp3) is 0.250. The van der Waals surface area contributed by atoms with Gasteiger partial charge in [0.05, 0.1) is 6.17 Å². The van der Waals surface area contributed by atoms with Crippen molar-refractivity contribution in [2.75, 3.05) is 0 Å². The molecule has 1 heterocycles. The highest BCUT2D eigenvalue weighted by molar-refractivity contribution is 5.32. The van der Waals surface area contributed by atoms with Gasteiger partial charge in [0, 0.05) is 6.54 Å². The van der Waals surface area contributed by atoms with E-state index in [0.29, 0.717) is 0 Å². The van der Waals surface area contributed by atoms with Gasteiger partial charge in [-0.25, -0.2) is 5.73 Å². The molecule has 2 rings (SSSR count). The highest BCUT2D eigenvalue weighted by atomic mass is 15.0. The van der Waals surface area contributed by atoms with Crippen LogP contribution in [0.1, 0.15) is 17.3 Å². The molecular weight excluding hydrogens is 124 g/mol. The van der Waals surface area contributed by atoms with Crippen molar-refractivity contribution in [1.29, 1.82) is 0 Å².